The summed E-state index contributed by atoms with van der Waals surface area (Å²) >= 11 is 0. The summed E-state index contributed by atoms with van der Waals surface area (Å²) in [6.07, 6.45) is 4.09. The van der Waals surface area contributed by atoms with Crippen molar-refractivity contribution in [2.75, 3.05) is 13.2 Å². The van der Waals surface area contributed by atoms with Crippen molar-refractivity contribution in [3.8, 4) is 22.9 Å². The van der Waals surface area contributed by atoms with Crippen molar-refractivity contribution in [2.45, 2.75) is 45.1 Å². The van der Waals surface area contributed by atoms with E-state index in [0.29, 0.717) is 40.9 Å². The van der Waals surface area contributed by atoms with E-state index in [4.69, 9.17) is 9.47 Å². The molecule has 33 heavy (non-hydrogen) atoms. The van der Waals surface area contributed by atoms with Gasteiger partial charge < -0.3 is 9.47 Å². The topological polar surface area (TPSA) is 81.3 Å². The third-order valence-electron chi connectivity index (χ3n) is 5.68. The second-order valence-electron chi connectivity index (χ2n) is 8.21. The minimum absolute atomic E-state index is 0.00627. The molecule has 1 saturated carbocycles. The first-order valence-corrected chi connectivity index (χ1v) is 11.1. The van der Waals surface area contributed by atoms with Gasteiger partial charge in [-0.25, -0.2) is 4.39 Å². The standard InChI is InChI=1S/C26H25FN2O4/c1-17(30)32-12-3-2-4-13-33-21-10-11-22-23(15-21)25(18-6-5-7-19(27)14-18)24(16-28)29(26(22)31)20-8-9-20/h5-7,10-11,14-15,20H,2-4,8-9,12-13H2,1H3. The molecule has 1 aromatic heterocycles. The summed E-state index contributed by atoms with van der Waals surface area (Å²) in [5.74, 6) is -0.114. The molecule has 0 saturated heterocycles. The van der Waals surface area contributed by atoms with Crippen molar-refractivity contribution in [1.29, 1.82) is 5.26 Å². The highest BCUT2D eigenvalue weighted by Gasteiger charge is 2.30. The lowest BCUT2D eigenvalue weighted by Gasteiger charge is -2.16. The Morgan fingerprint density at radius 1 is 1.12 bits per heavy atom. The van der Waals surface area contributed by atoms with Crippen LogP contribution in [0.4, 0.5) is 4.39 Å². The number of esters is 1. The van der Waals surface area contributed by atoms with E-state index in [9.17, 15) is 19.2 Å². The number of fused-ring (bicyclic) bond motifs is 1. The second-order valence-corrected chi connectivity index (χ2v) is 8.21. The van der Waals surface area contributed by atoms with Gasteiger partial charge in [0, 0.05) is 29.3 Å². The average molecular weight is 448 g/mol. The maximum atomic E-state index is 14.1. The highest BCUT2D eigenvalue weighted by molar-refractivity contribution is 5.99. The van der Waals surface area contributed by atoms with Gasteiger partial charge in [0.25, 0.3) is 5.56 Å². The van der Waals surface area contributed by atoms with Crippen molar-refractivity contribution >= 4 is 16.7 Å². The van der Waals surface area contributed by atoms with Gasteiger partial charge in [-0.15, -0.1) is 0 Å². The molecule has 0 amide bonds. The predicted molar refractivity (Wildman–Crippen MR) is 123 cm³/mol. The van der Waals surface area contributed by atoms with E-state index < -0.39 is 5.82 Å². The number of pyridine rings is 1. The molecule has 170 valence electrons. The molecule has 3 aromatic rings. The van der Waals surface area contributed by atoms with Crippen molar-refractivity contribution < 1.29 is 18.7 Å². The molecule has 1 heterocycles. The zero-order valence-electron chi connectivity index (χ0n) is 18.5. The Labute approximate surface area is 191 Å². The van der Waals surface area contributed by atoms with Crippen LogP contribution in [0.5, 0.6) is 5.75 Å². The van der Waals surface area contributed by atoms with E-state index >= 15 is 0 Å². The average Bonchev–Trinajstić information content (AvgIpc) is 3.63. The van der Waals surface area contributed by atoms with Crippen molar-refractivity contribution in [3.63, 3.8) is 0 Å². The van der Waals surface area contributed by atoms with Crippen LogP contribution in [-0.2, 0) is 9.53 Å². The van der Waals surface area contributed by atoms with E-state index in [0.717, 1.165) is 32.1 Å². The van der Waals surface area contributed by atoms with Gasteiger partial charge in [-0.05, 0) is 68.0 Å². The van der Waals surface area contributed by atoms with Gasteiger partial charge in [0.2, 0.25) is 0 Å². The Hall–Kier alpha value is -3.66. The molecular formula is C26H25FN2O4. The fourth-order valence-electron chi connectivity index (χ4n) is 4.00. The number of ether oxygens (including phenoxy) is 2. The SMILES string of the molecule is CC(=O)OCCCCCOc1ccc2c(=O)n(C3CC3)c(C#N)c(-c3cccc(F)c3)c2c1. The Kier molecular flexibility index (Phi) is 6.74. The molecule has 1 aliphatic rings. The van der Waals surface area contributed by atoms with Crippen LogP contribution in [-0.4, -0.2) is 23.8 Å². The number of benzene rings is 2. The zero-order valence-corrected chi connectivity index (χ0v) is 18.5. The van der Waals surface area contributed by atoms with Crippen molar-refractivity contribution in [2.24, 2.45) is 0 Å². The Bertz CT molecular complexity index is 1290. The number of hydrogen-bond acceptors (Lipinski definition) is 5. The van der Waals surface area contributed by atoms with Crippen molar-refractivity contribution in [3.05, 3.63) is 64.3 Å². The fourth-order valence-corrected chi connectivity index (χ4v) is 4.00. The van der Waals surface area contributed by atoms with Crippen LogP contribution in [0.25, 0.3) is 21.9 Å². The van der Waals surface area contributed by atoms with Gasteiger partial charge in [0.05, 0.1) is 13.2 Å². The number of carbonyl (C=O) groups is 1. The molecule has 7 heteroatoms. The molecule has 2 aromatic carbocycles. The van der Waals surface area contributed by atoms with Gasteiger partial charge in [0.1, 0.15) is 23.3 Å². The number of nitrogens with zero attached hydrogens (tertiary/aromatic N) is 2. The molecule has 0 unspecified atom stereocenters. The van der Waals surface area contributed by atoms with Crippen LogP contribution in [0.2, 0.25) is 0 Å². The summed E-state index contributed by atoms with van der Waals surface area (Å²) in [6.45, 7) is 2.25. The van der Waals surface area contributed by atoms with Crippen LogP contribution in [0.15, 0.2) is 47.3 Å². The van der Waals surface area contributed by atoms with Crippen molar-refractivity contribution in [1.82, 2.24) is 4.57 Å². The molecule has 0 atom stereocenters. The summed E-state index contributed by atoms with van der Waals surface area (Å²) in [6, 6.07) is 13.5. The molecule has 0 N–H and O–H groups in total. The largest absolute Gasteiger partial charge is 0.494 e. The van der Waals surface area contributed by atoms with E-state index in [1.165, 1.54) is 19.1 Å². The van der Waals surface area contributed by atoms with Gasteiger partial charge in [0.15, 0.2) is 0 Å². The molecule has 0 radical (unpaired) electrons. The first-order chi connectivity index (χ1) is 16.0. The molecular weight excluding hydrogens is 423 g/mol. The summed E-state index contributed by atoms with van der Waals surface area (Å²) < 4.78 is 26.4. The summed E-state index contributed by atoms with van der Waals surface area (Å²) in [4.78, 5) is 24.0. The number of unbranched alkanes of at least 4 members (excludes halogenated alkanes) is 2. The quantitative estimate of drug-likeness (QED) is 0.335. The van der Waals surface area contributed by atoms with E-state index in [1.807, 2.05) is 0 Å². The Balaban J connectivity index is 1.66. The Morgan fingerprint density at radius 2 is 1.91 bits per heavy atom. The normalized spacial score (nSPS) is 13.0. The number of rotatable bonds is 9. The molecule has 0 bridgehead atoms. The molecule has 1 aliphatic carbocycles. The lowest BCUT2D eigenvalue weighted by molar-refractivity contribution is -0.141. The van der Waals surface area contributed by atoms with Gasteiger partial charge in [-0.3, -0.25) is 14.2 Å². The third kappa shape index (κ3) is 5.06. The fraction of sp³-hybridized carbons (Fsp3) is 0.346. The molecule has 1 fully saturated rings. The first-order valence-electron chi connectivity index (χ1n) is 11.1. The van der Waals surface area contributed by atoms with Crippen LogP contribution in [0.1, 0.15) is 50.8 Å². The number of carbonyl (C=O) groups excluding carboxylic acids is 1. The summed E-state index contributed by atoms with van der Waals surface area (Å²) in [7, 11) is 0. The zero-order chi connectivity index (χ0) is 23.4. The minimum atomic E-state index is -0.408. The third-order valence-corrected chi connectivity index (χ3v) is 5.68. The number of nitriles is 1. The van der Waals surface area contributed by atoms with Crippen LogP contribution < -0.4 is 10.3 Å². The summed E-state index contributed by atoms with van der Waals surface area (Å²) in [5.41, 5.74) is 1.14. The highest BCUT2D eigenvalue weighted by atomic mass is 19.1. The van der Waals surface area contributed by atoms with Gasteiger partial charge in [-0.1, -0.05) is 12.1 Å². The Morgan fingerprint density at radius 3 is 2.61 bits per heavy atom. The number of hydrogen-bond donors (Lipinski definition) is 0. The molecule has 6 nitrogen and oxygen atoms in total. The first kappa shape index (κ1) is 22.5. The maximum Gasteiger partial charge on any atom is 0.302 e. The monoisotopic (exact) mass is 448 g/mol. The molecule has 0 spiro atoms. The van der Waals surface area contributed by atoms with Crippen LogP contribution >= 0.6 is 0 Å². The highest BCUT2D eigenvalue weighted by Crippen LogP contribution is 2.39. The maximum absolute atomic E-state index is 14.1. The van der Waals surface area contributed by atoms with Gasteiger partial charge in [-0.2, -0.15) is 5.26 Å². The second kappa shape index (κ2) is 9.86. The van der Waals surface area contributed by atoms with E-state index in [2.05, 4.69) is 6.07 Å². The summed E-state index contributed by atoms with van der Waals surface area (Å²) in [5, 5.41) is 11.0. The number of halogens is 1. The lowest BCUT2D eigenvalue weighted by atomic mass is 9.96. The molecule has 4 rings (SSSR count). The van der Waals surface area contributed by atoms with Crippen LogP contribution in [0, 0.1) is 17.1 Å². The van der Waals surface area contributed by atoms with E-state index in [1.54, 1.807) is 34.9 Å². The van der Waals surface area contributed by atoms with Gasteiger partial charge >= 0.3 is 5.97 Å². The number of aromatic nitrogens is 1. The predicted octanol–water partition coefficient (Wildman–Crippen LogP) is 5.13. The van der Waals surface area contributed by atoms with E-state index in [-0.39, 0.29) is 23.3 Å². The smallest absolute Gasteiger partial charge is 0.302 e. The minimum Gasteiger partial charge on any atom is -0.494 e. The van der Waals surface area contributed by atoms with Crippen LogP contribution in [0.3, 0.4) is 0 Å². The lowest BCUT2D eigenvalue weighted by Crippen LogP contribution is -2.23. The molecule has 0 aliphatic heterocycles.